The number of hydrogen-bond donors (Lipinski definition) is 2. The number of nitrogens with two attached hydrogens (primary N) is 1. The van der Waals surface area contributed by atoms with E-state index in [0.29, 0.717) is 14.6 Å². The van der Waals surface area contributed by atoms with Gasteiger partial charge in [0, 0.05) is 5.69 Å². The van der Waals surface area contributed by atoms with E-state index in [0.717, 1.165) is 28.3 Å². The highest BCUT2D eigenvalue weighted by Crippen LogP contribution is 2.26. The van der Waals surface area contributed by atoms with Crippen LogP contribution in [0.1, 0.15) is 15.2 Å². The zero-order chi connectivity index (χ0) is 18.5. The Bertz CT molecular complexity index is 992. The van der Waals surface area contributed by atoms with Gasteiger partial charge in [0.25, 0.3) is 5.91 Å². The molecule has 0 radical (unpaired) electrons. The highest BCUT2D eigenvalue weighted by molar-refractivity contribution is 7.73. The van der Waals surface area contributed by atoms with Crippen LogP contribution in [0, 0.1) is 3.95 Å². The normalized spacial score (nSPS) is 10.8. The maximum Gasteiger partial charge on any atom is 0.285 e. The molecule has 1 heterocycles. The van der Waals surface area contributed by atoms with Gasteiger partial charge in [0.2, 0.25) is 0 Å². The van der Waals surface area contributed by atoms with Crippen LogP contribution in [0.5, 0.6) is 5.75 Å². The van der Waals surface area contributed by atoms with Gasteiger partial charge in [0.1, 0.15) is 16.4 Å². The van der Waals surface area contributed by atoms with Crippen LogP contribution < -0.4 is 15.9 Å². The molecule has 26 heavy (non-hydrogen) atoms. The molecule has 0 atom stereocenters. The van der Waals surface area contributed by atoms with Crippen molar-refractivity contribution in [1.29, 1.82) is 0 Å². The van der Waals surface area contributed by atoms with Gasteiger partial charge in [-0.3, -0.25) is 9.36 Å². The molecule has 3 aromatic rings. The zero-order valence-electron chi connectivity index (χ0n) is 13.9. The monoisotopic (exact) mass is 384 g/mol. The molecule has 0 unspecified atom stereocenters. The molecule has 0 aliphatic carbocycles. The highest BCUT2D eigenvalue weighted by atomic mass is 32.1. The maximum atomic E-state index is 12.4. The Morgan fingerprint density at radius 1 is 1.23 bits per heavy atom. The number of aromatic nitrogens is 1. The summed E-state index contributed by atoms with van der Waals surface area (Å²) in [5.74, 6) is 0.641. The number of ether oxygens (including phenoxy) is 1. The molecule has 0 saturated carbocycles. The number of carbonyl (C=O) groups is 1. The van der Waals surface area contributed by atoms with Gasteiger partial charge in [-0.25, -0.2) is 5.43 Å². The predicted octanol–water partition coefficient (Wildman–Crippen LogP) is 3.62. The van der Waals surface area contributed by atoms with Gasteiger partial charge in [-0.05, 0) is 54.2 Å². The van der Waals surface area contributed by atoms with E-state index in [1.54, 1.807) is 17.9 Å². The van der Waals surface area contributed by atoms with Gasteiger partial charge in [-0.1, -0.05) is 29.5 Å². The third-order valence-electron chi connectivity index (χ3n) is 3.56. The summed E-state index contributed by atoms with van der Waals surface area (Å²) in [5.41, 5.74) is 10.3. The van der Waals surface area contributed by atoms with Crippen molar-refractivity contribution in [3.8, 4) is 11.4 Å². The average molecular weight is 384 g/mol. The van der Waals surface area contributed by atoms with E-state index in [2.05, 4.69) is 10.5 Å². The summed E-state index contributed by atoms with van der Waals surface area (Å²) < 4.78 is 7.26. The smallest absolute Gasteiger partial charge is 0.285 e. The number of nitrogen functional groups attached to an aromatic ring is 1. The number of hydrazone groups is 1. The van der Waals surface area contributed by atoms with E-state index in [9.17, 15) is 4.79 Å². The number of methoxy groups -OCH3 is 1. The lowest BCUT2D eigenvalue weighted by molar-refractivity contribution is 0.0959. The molecule has 0 aliphatic rings. The number of carbonyl (C=O) groups excluding carboxylic acids is 1. The summed E-state index contributed by atoms with van der Waals surface area (Å²) in [6.45, 7) is 0. The largest absolute Gasteiger partial charge is 0.497 e. The first-order valence-electron chi connectivity index (χ1n) is 7.64. The molecular weight excluding hydrogens is 368 g/mol. The number of para-hydroxylation sites is 1. The minimum absolute atomic E-state index is 0.295. The number of benzene rings is 2. The Hall–Kier alpha value is -2.97. The minimum Gasteiger partial charge on any atom is -0.497 e. The number of amides is 1. The molecule has 6 nitrogen and oxygen atoms in total. The number of anilines is 1. The Morgan fingerprint density at radius 2 is 1.92 bits per heavy atom. The van der Waals surface area contributed by atoms with Crippen LogP contribution >= 0.6 is 23.6 Å². The zero-order valence-corrected chi connectivity index (χ0v) is 15.5. The molecule has 1 aromatic heterocycles. The summed E-state index contributed by atoms with van der Waals surface area (Å²) >= 11 is 6.49. The maximum absolute atomic E-state index is 12.4. The summed E-state index contributed by atoms with van der Waals surface area (Å²) in [6, 6.07) is 16.7. The van der Waals surface area contributed by atoms with E-state index in [1.165, 1.54) is 0 Å². The second-order valence-corrected chi connectivity index (χ2v) is 6.87. The van der Waals surface area contributed by atoms with E-state index >= 15 is 0 Å². The second kappa shape index (κ2) is 7.94. The number of nitrogens with zero attached hydrogens (tertiary/aromatic N) is 2. The van der Waals surface area contributed by atoms with Crippen LogP contribution in [-0.2, 0) is 0 Å². The van der Waals surface area contributed by atoms with E-state index in [1.807, 2.05) is 54.6 Å². The van der Waals surface area contributed by atoms with Crippen LogP contribution in [0.25, 0.3) is 5.69 Å². The van der Waals surface area contributed by atoms with E-state index in [4.69, 9.17) is 22.7 Å². The molecule has 3 rings (SSSR count). The van der Waals surface area contributed by atoms with Crippen molar-refractivity contribution in [2.45, 2.75) is 0 Å². The number of thiazole rings is 1. The third kappa shape index (κ3) is 3.81. The molecule has 3 N–H and O–H groups in total. The number of hydrogen-bond acceptors (Lipinski definition) is 6. The number of nitrogens with one attached hydrogen (secondary N) is 1. The van der Waals surface area contributed by atoms with Crippen molar-refractivity contribution < 1.29 is 9.53 Å². The molecule has 0 fully saturated rings. The fourth-order valence-corrected chi connectivity index (χ4v) is 3.53. The summed E-state index contributed by atoms with van der Waals surface area (Å²) in [6.07, 6.45) is 1.54. The topological polar surface area (TPSA) is 81.6 Å². The van der Waals surface area contributed by atoms with Crippen LogP contribution in [0.2, 0.25) is 0 Å². The molecule has 0 spiro atoms. The van der Waals surface area contributed by atoms with Crippen molar-refractivity contribution in [3.63, 3.8) is 0 Å². The summed E-state index contributed by atoms with van der Waals surface area (Å²) in [7, 11) is 1.60. The minimum atomic E-state index is -0.405. The van der Waals surface area contributed by atoms with Crippen molar-refractivity contribution in [1.82, 2.24) is 9.99 Å². The summed E-state index contributed by atoms with van der Waals surface area (Å²) in [4.78, 5) is 12.7. The fourth-order valence-electron chi connectivity index (χ4n) is 2.28. The Labute approximate surface area is 159 Å². The third-order valence-corrected chi connectivity index (χ3v) is 4.95. The standard InChI is InChI=1S/C18H16N4O2S2/c1-24-14-9-7-12(8-10-14)11-20-21-17(23)15-16(19)22(18(25)26-15)13-5-3-2-4-6-13/h2-11H,19H2,1H3,(H,21,23). The summed E-state index contributed by atoms with van der Waals surface area (Å²) in [5, 5.41) is 3.97. The fraction of sp³-hybridized carbons (Fsp3) is 0.0556. The van der Waals surface area contributed by atoms with Gasteiger partial charge in [0.05, 0.1) is 13.3 Å². The molecule has 2 aromatic carbocycles. The lowest BCUT2D eigenvalue weighted by Crippen LogP contribution is -2.18. The van der Waals surface area contributed by atoms with Crippen LogP contribution in [0.15, 0.2) is 59.7 Å². The van der Waals surface area contributed by atoms with Gasteiger partial charge < -0.3 is 10.5 Å². The van der Waals surface area contributed by atoms with Gasteiger partial charge in [0.15, 0.2) is 3.95 Å². The number of rotatable bonds is 5. The molecule has 1 amide bonds. The first kappa shape index (κ1) is 17.8. The van der Waals surface area contributed by atoms with Gasteiger partial charge >= 0.3 is 0 Å². The molecule has 0 aliphatic heterocycles. The van der Waals surface area contributed by atoms with Crippen LogP contribution in [0.4, 0.5) is 5.82 Å². The van der Waals surface area contributed by atoms with E-state index < -0.39 is 5.91 Å². The van der Waals surface area contributed by atoms with Crippen molar-refractivity contribution in [3.05, 3.63) is 69.0 Å². The van der Waals surface area contributed by atoms with Crippen LogP contribution in [-0.4, -0.2) is 23.8 Å². The SMILES string of the molecule is COc1ccc(C=NNC(=O)c2sc(=S)n(-c3ccccc3)c2N)cc1. The Morgan fingerprint density at radius 3 is 2.58 bits per heavy atom. The molecule has 132 valence electrons. The van der Waals surface area contributed by atoms with Gasteiger partial charge in [-0.15, -0.1) is 0 Å². The predicted molar refractivity (Wildman–Crippen MR) is 107 cm³/mol. The highest BCUT2D eigenvalue weighted by Gasteiger charge is 2.17. The Balaban J connectivity index is 1.76. The first-order valence-corrected chi connectivity index (χ1v) is 8.87. The van der Waals surface area contributed by atoms with Crippen molar-refractivity contribution >= 4 is 41.5 Å². The van der Waals surface area contributed by atoms with Crippen molar-refractivity contribution in [2.75, 3.05) is 12.8 Å². The quantitative estimate of drug-likeness (QED) is 0.400. The lowest BCUT2D eigenvalue weighted by Gasteiger charge is -2.05. The molecule has 0 saturated heterocycles. The average Bonchev–Trinajstić information content (AvgIpc) is 2.97. The molecule has 8 heteroatoms. The molecular formula is C18H16N4O2S2. The van der Waals surface area contributed by atoms with Gasteiger partial charge in [-0.2, -0.15) is 5.10 Å². The Kier molecular flexibility index (Phi) is 5.45. The van der Waals surface area contributed by atoms with Crippen molar-refractivity contribution in [2.24, 2.45) is 5.10 Å². The van der Waals surface area contributed by atoms with E-state index in [-0.39, 0.29) is 0 Å². The first-order chi connectivity index (χ1) is 12.6. The second-order valence-electron chi connectivity index (χ2n) is 5.23. The molecule has 0 bridgehead atoms. The van der Waals surface area contributed by atoms with Crippen LogP contribution in [0.3, 0.4) is 0 Å². The lowest BCUT2D eigenvalue weighted by atomic mass is 10.2.